The number of aliphatic imine (C=N–C) groups is 1. The SMILES string of the molecule is C1=CC2(CN3CC=Cc4cccc2c43)N=C1. The lowest BCUT2D eigenvalue weighted by Gasteiger charge is -2.23. The molecule has 0 fully saturated rings. The maximum Gasteiger partial charge on any atom is 0.123 e. The van der Waals surface area contributed by atoms with Gasteiger partial charge in [0.1, 0.15) is 5.54 Å². The van der Waals surface area contributed by atoms with E-state index < -0.39 is 0 Å². The number of hydrogen-bond acceptors (Lipinski definition) is 2. The molecule has 0 bridgehead atoms. The predicted molar refractivity (Wildman–Crippen MR) is 67.0 cm³/mol. The van der Waals surface area contributed by atoms with Gasteiger partial charge in [0, 0.05) is 18.3 Å². The second-order valence-corrected chi connectivity index (χ2v) is 4.59. The highest BCUT2D eigenvalue weighted by Crippen LogP contribution is 2.47. The molecule has 78 valence electrons. The van der Waals surface area contributed by atoms with Crippen molar-refractivity contribution in [3.8, 4) is 0 Å². The van der Waals surface area contributed by atoms with Crippen LogP contribution in [0.3, 0.4) is 0 Å². The van der Waals surface area contributed by atoms with Crippen LogP contribution in [-0.4, -0.2) is 19.3 Å². The smallest absolute Gasteiger partial charge is 0.123 e. The van der Waals surface area contributed by atoms with Gasteiger partial charge in [0.05, 0.1) is 12.2 Å². The summed E-state index contributed by atoms with van der Waals surface area (Å²) in [6.07, 6.45) is 10.7. The number of benzene rings is 1. The van der Waals surface area contributed by atoms with E-state index in [1.807, 2.05) is 6.21 Å². The van der Waals surface area contributed by atoms with Gasteiger partial charge in [-0.05, 0) is 17.7 Å². The fourth-order valence-electron chi connectivity index (χ4n) is 2.99. The minimum absolute atomic E-state index is 0.0998. The van der Waals surface area contributed by atoms with Crippen molar-refractivity contribution in [1.29, 1.82) is 0 Å². The average molecular weight is 208 g/mol. The van der Waals surface area contributed by atoms with Gasteiger partial charge in [0.2, 0.25) is 0 Å². The zero-order valence-corrected chi connectivity index (χ0v) is 8.93. The van der Waals surface area contributed by atoms with Crippen molar-refractivity contribution in [2.75, 3.05) is 18.0 Å². The monoisotopic (exact) mass is 208 g/mol. The van der Waals surface area contributed by atoms with Gasteiger partial charge in [-0.15, -0.1) is 0 Å². The highest BCUT2D eigenvalue weighted by Gasteiger charge is 2.42. The molecule has 1 spiro atoms. The number of hydrogen-bond donors (Lipinski definition) is 0. The Bertz CT molecular complexity index is 540. The van der Waals surface area contributed by atoms with Crippen molar-refractivity contribution in [3.05, 3.63) is 47.6 Å². The molecular weight excluding hydrogens is 196 g/mol. The first-order chi connectivity index (χ1) is 7.89. The highest BCUT2D eigenvalue weighted by atomic mass is 15.2. The number of nitrogens with zero attached hydrogens (tertiary/aromatic N) is 2. The van der Waals surface area contributed by atoms with E-state index in [1.165, 1.54) is 16.8 Å². The Hall–Kier alpha value is -1.83. The van der Waals surface area contributed by atoms with Crippen LogP contribution in [0.2, 0.25) is 0 Å². The summed E-state index contributed by atoms with van der Waals surface area (Å²) >= 11 is 0. The van der Waals surface area contributed by atoms with E-state index in [0.29, 0.717) is 0 Å². The van der Waals surface area contributed by atoms with Crippen LogP contribution in [0.1, 0.15) is 11.1 Å². The Morgan fingerprint density at radius 1 is 1.31 bits per heavy atom. The van der Waals surface area contributed by atoms with Crippen LogP contribution in [0.25, 0.3) is 6.08 Å². The molecule has 0 aromatic heterocycles. The van der Waals surface area contributed by atoms with E-state index in [4.69, 9.17) is 0 Å². The molecule has 3 heterocycles. The van der Waals surface area contributed by atoms with Crippen molar-refractivity contribution in [3.63, 3.8) is 0 Å². The summed E-state index contributed by atoms with van der Waals surface area (Å²) < 4.78 is 0. The summed E-state index contributed by atoms with van der Waals surface area (Å²) in [6.45, 7) is 1.99. The normalized spacial score (nSPS) is 28.1. The van der Waals surface area contributed by atoms with Gasteiger partial charge >= 0.3 is 0 Å². The van der Waals surface area contributed by atoms with E-state index >= 15 is 0 Å². The lowest BCUT2D eigenvalue weighted by Crippen LogP contribution is -2.30. The van der Waals surface area contributed by atoms with E-state index in [9.17, 15) is 0 Å². The fourth-order valence-corrected chi connectivity index (χ4v) is 2.99. The number of para-hydroxylation sites is 1. The van der Waals surface area contributed by atoms with Crippen LogP contribution in [0, 0.1) is 0 Å². The molecule has 3 aliphatic rings. The molecular formula is C14H12N2. The molecule has 0 saturated heterocycles. The highest BCUT2D eigenvalue weighted by molar-refractivity contribution is 5.83. The molecule has 4 rings (SSSR count). The molecule has 0 N–H and O–H groups in total. The van der Waals surface area contributed by atoms with Crippen LogP contribution in [0.4, 0.5) is 5.69 Å². The van der Waals surface area contributed by atoms with Crippen LogP contribution in [0.15, 0.2) is 41.4 Å². The van der Waals surface area contributed by atoms with Crippen LogP contribution in [-0.2, 0) is 5.54 Å². The number of anilines is 1. The number of rotatable bonds is 0. The van der Waals surface area contributed by atoms with E-state index in [-0.39, 0.29) is 5.54 Å². The topological polar surface area (TPSA) is 15.6 Å². The lowest BCUT2D eigenvalue weighted by atomic mass is 9.92. The second-order valence-electron chi connectivity index (χ2n) is 4.59. The molecule has 0 aliphatic carbocycles. The first kappa shape index (κ1) is 8.34. The summed E-state index contributed by atoms with van der Waals surface area (Å²) in [7, 11) is 0. The van der Waals surface area contributed by atoms with Crippen molar-refractivity contribution < 1.29 is 0 Å². The molecule has 0 amide bonds. The molecule has 1 aromatic carbocycles. The Kier molecular flexibility index (Phi) is 1.38. The zero-order chi connectivity index (χ0) is 10.6. The van der Waals surface area contributed by atoms with Gasteiger partial charge in [-0.1, -0.05) is 30.4 Å². The summed E-state index contributed by atoms with van der Waals surface area (Å²) in [5.74, 6) is 0. The quantitative estimate of drug-likeness (QED) is 0.639. The molecule has 0 saturated carbocycles. The predicted octanol–water partition coefficient (Wildman–Crippen LogP) is 2.37. The van der Waals surface area contributed by atoms with Crippen LogP contribution < -0.4 is 4.90 Å². The Balaban J connectivity index is 2.03. The zero-order valence-electron chi connectivity index (χ0n) is 8.93. The molecule has 2 heteroatoms. The van der Waals surface area contributed by atoms with Gasteiger partial charge in [-0.2, -0.15) is 0 Å². The minimum atomic E-state index is -0.0998. The number of fused-ring (bicyclic) bond motifs is 1. The molecule has 3 aliphatic heterocycles. The molecule has 1 atom stereocenters. The standard InChI is InChI=1S/C14H12N2/c1-4-11-5-2-9-16-10-14(7-3-8-15-14)12(6-1)13(11)16/h1-8H,9-10H2. The van der Waals surface area contributed by atoms with Gasteiger partial charge in [0.25, 0.3) is 0 Å². The summed E-state index contributed by atoms with van der Waals surface area (Å²) in [4.78, 5) is 7.10. The summed E-state index contributed by atoms with van der Waals surface area (Å²) in [5, 5.41) is 0. The first-order valence-corrected chi connectivity index (χ1v) is 5.67. The third kappa shape index (κ3) is 0.854. The minimum Gasteiger partial charge on any atom is -0.364 e. The summed E-state index contributed by atoms with van der Waals surface area (Å²) in [6, 6.07) is 6.53. The third-order valence-electron chi connectivity index (χ3n) is 3.67. The van der Waals surface area contributed by atoms with E-state index in [1.54, 1.807) is 0 Å². The van der Waals surface area contributed by atoms with Gasteiger partial charge in [0.15, 0.2) is 0 Å². The van der Waals surface area contributed by atoms with Gasteiger partial charge < -0.3 is 4.90 Å². The lowest BCUT2D eigenvalue weighted by molar-refractivity contribution is 0.607. The maximum absolute atomic E-state index is 4.67. The van der Waals surface area contributed by atoms with Crippen molar-refractivity contribution in [2.24, 2.45) is 4.99 Å². The van der Waals surface area contributed by atoms with Crippen LogP contribution >= 0.6 is 0 Å². The van der Waals surface area contributed by atoms with Gasteiger partial charge in [-0.3, -0.25) is 4.99 Å². The van der Waals surface area contributed by atoms with Crippen molar-refractivity contribution in [2.45, 2.75) is 5.54 Å². The maximum atomic E-state index is 4.67. The molecule has 0 radical (unpaired) electrons. The van der Waals surface area contributed by atoms with Gasteiger partial charge in [-0.25, -0.2) is 0 Å². The number of allylic oxidation sites excluding steroid dienone is 1. The Morgan fingerprint density at radius 2 is 2.31 bits per heavy atom. The largest absolute Gasteiger partial charge is 0.364 e. The van der Waals surface area contributed by atoms with Crippen molar-refractivity contribution >= 4 is 18.0 Å². The molecule has 16 heavy (non-hydrogen) atoms. The van der Waals surface area contributed by atoms with E-state index in [0.717, 1.165) is 13.1 Å². The third-order valence-corrected chi connectivity index (χ3v) is 3.67. The first-order valence-electron chi connectivity index (χ1n) is 5.67. The average Bonchev–Trinajstić information content (AvgIpc) is 2.89. The second kappa shape index (κ2) is 2.64. The molecule has 1 unspecified atom stereocenters. The Morgan fingerprint density at radius 3 is 3.19 bits per heavy atom. The molecule has 2 nitrogen and oxygen atoms in total. The van der Waals surface area contributed by atoms with Crippen molar-refractivity contribution in [1.82, 2.24) is 0 Å². The molecule has 1 aromatic rings. The van der Waals surface area contributed by atoms with E-state index in [2.05, 4.69) is 52.4 Å². The Labute approximate surface area is 94.6 Å². The van der Waals surface area contributed by atoms with Crippen LogP contribution in [0.5, 0.6) is 0 Å². The summed E-state index contributed by atoms with van der Waals surface area (Å²) in [5.41, 5.74) is 3.97. The fraction of sp³-hybridized carbons (Fsp3) is 0.214.